The van der Waals surface area contributed by atoms with Gasteiger partial charge in [0.1, 0.15) is 5.75 Å². The van der Waals surface area contributed by atoms with E-state index in [1.807, 2.05) is 6.92 Å². The van der Waals surface area contributed by atoms with Crippen LogP contribution in [0, 0.1) is 5.92 Å². The molecule has 1 atom stereocenters. The van der Waals surface area contributed by atoms with E-state index < -0.39 is 17.5 Å². The van der Waals surface area contributed by atoms with Gasteiger partial charge in [-0.05, 0) is 35.6 Å². The standard InChI is InChI=1S/C14H20O4/c1-5-10-8-11(6-7-12(10)18-4)14(17,9(2)3)13(15)16/h6-9,17H,5H2,1-4H3,(H,15,16). The number of rotatable bonds is 5. The number of carbonyl (C=O) groups is 1. The van der Waals surface area contributed by atoms with Crippen LogP contribution in [0.3, 0.4) is 0 Å². The largest absolute Gasteiger partial charge is 0.496 e. The fourth-order valence-electron chi connectivity index (χ4n) is 2.00. The Bertz CT molecular complexity index is 439. The van der Waals surface area contributed by atoms with Crippen molar-refractivity contribution >= 4 is 5.97 Å². The van der Waals surface area contributed by atoms with Gasteiger partial charge < -0.3 is 14.9 Å². The molecular formula is C14H20O4. The van der Waals surface area contributed by atoms with Crippen molar-refractivity contribution in [1.29, 1.82) is 0 Å². The third-order valence-electron chi connectivity index (χ3n) is 3.26. The van der Waals surface area contributed by atoms with Crippen molar-refractivity contribution in [2.45, 2.75) is 32.8 Å². The molecule has 1 aromatic rings. The summed E-state index contributed by atoms with van der Waals surface area (Å²) in [6, 6.07) is 5.00. The molecule has 0 saturated heterocycles. The normalized spacial score (nSPS) is 14.3. The van der Waals surface area contributed by atoms with Crippen LogP contribution in [0.2, 0.25) is 0 Å². The summed E-state index contributed by atoms with van der Waals surface area (Å²) in [4.78, 5) is 11.3. The number of hydrogen-bond acceptors (Lipinski definition) is 3. The summed E-state index contributed by atoms with van der Waals surface area (Å²) in [6.07, 6.45) is 0.713. The van der Waals surface area contributed by atoms with Crippen molar-refractivity contribution in [3.63, 3.8) is 0 Å². The Morgan fingerprint density at radius 1 is 1.44 bits per heavy atom. The van der Waals surface area contributed by atoms with Crippen molar-refractivity contribution in [2.75, 3.05) is 7.11 Å². The molecule has 4 heteroatoms. The molecule has 0 aromatic heterocycles. The van der Waals surface area contributed by atoms with Crippen molar-refractivity contribution in [3.05, 3.63) is 29.3 Å². The second-order valence-electron chi connectivity index (χ2n) is 4.61. The lowest BCUT2D eigenvalue weighted by Gasteiger charge is -2.28. The number of carboxylic acid groups (broad SMARTS) is 1. The average Bonchev–Trinajstić information content (AvgIpc) is 2.36. The van der Waals surface area contributed by atoms with Gasteiger partial charge in [-0.2, -0.15) is 0 Å². The highest BCUT2D eigenvalue weighted by molar-refractivity contribution is 5.79. The highest BCUT2D eigenvalue weighted by atomic mass is 16.5. The van der Waals surface area contributed by atoms with E-state index in [2.05, 4.69) is 0 Å². The molecule has 0 spiro atoms. The molecular weight excluding hydrogens is 232 g/mol. The second-order valence-corrected chi connectivity index (χ2v) is 4.61. The Hall–Kier alpha value is -1.55. The lowest BCUT2D eigenvalue weighted by molar-refractivity contribution is -0.165. The van der Waals surface area contributed by atoms with E-state index in [9.17, 15) is 15.0 Å². The molecule has 0 saturated carbocycles. The number of benzene rings is 1. The molecule has 0 aliphatic rings. The van der Waals surface area contributed by atoms with E-state index in [0.29, 0.717) is 17.7 Å². The Balaban J connectivity index is 3.35. The van der Waals surface area contributed by atoms with Crippen molar-refractivity contribution in [2.24, 2.45) is 5.92 Å². The fourth-order valence-corrected chi connectivity index (χ4v) is 2.00. The summed E-state index contributed by atoms with van der Waals surface area (Å²) in [5, 5.41) is 19.6. The quantitative estimate of drug-likeness (QED) is 0.843. The van der Waals surface area contributed by atoms with Crippen molar-refractivity contribution in [3.8, 4) is 5.75 Å². The number of aliphatic carboxylic acids is 1. The predicted octanol–water partition coefficient (Wildman–Crippen LogP) is 2.19. The Labute approximate surface area is 107 Å². The van der Waals surface area contributed by atoms with Crippen LogP contribution >= 0.6 is 0 Å². The number of methoxy groups -OCH3 is 1. The third-order valence-corrected chi connectivity index (χ3v) is 3.26. The SMILES string of the molecule is CCc1cc(C(O)(C(=O)O)C(C)C)ccc1OC. The van der Waals surface area contributed by atoms with Crippen LogP contribution in [0.15, 0.2) is 18.2 Å². The molecule has 100 valence electrons. The van der Waals surface area contributed by atoms with Crippen LogP contribution in [0.4, 0.5) is 0 Å². The van der Waals surface area contributed by atoms with Crippen molar-refractivity contribution in [1.82, 2.24) is 0 Å². The van der Waals surface area contributed by atoms with Crippen LogP contribution in [0.25, 0.3) is 0 Å². The Morgan fingerprint density at radius 3 is 2.44 bits per heavy atom. The monoisotopic (exact) mass is 252 g/mol. The zero-order valence-electron chi connectivity index (χ0n) is 11.2. The molecule has 0 bridgehead atoms. The van der Waals surface area contributed by atoms with E-state index >= 15 is 0 Å². The summed E-state index contributed by atoms with van der Waals surface area (Å²) < 4.78 is 5.20. The van der Waals surface area contributed by atoms with Crippen LogP contribution in [-0.4, -0.2) is 23.3 Å². The van der Waals surface area contributed by atoms with Gasteiger partial charge in [-0.1, -0.05) is 26.8 Å². The molecule has 1 aromatic carbocycles. The maximum atomic E-state index is 11.3. The molecule has 1 rings (SSSR count). The minimum absolute atomic E-state index is 0.391. The van der Waals surface area contributed by atoms with Gasteiger partial charge in [0.2, 0.25) is 0 Å². The van der Waals surface area contributed by atoms with Crippen LogP contribution in [0.1, 0.15) is 31.9 Å². The van der Waals surface area contributed by atoms with E-state index in [1.54, 1.807) is 39.2 Å². The molecule has 0 aliphatic carbocycles. The van der Waals surface area contributed by atoms with Crippen molar-refractivity contribution < 1.29 is 19.7 Å². The van der Waals surface area contributed by atoms with Crippen LogP contribution in [-0.2, 0) is 16.8 Å². The van der Waals surface area contributed by atoms with Gasteiger partial charge in [-0.15, -0.1) is 0 Å². The second kappa shape index (κ2) is 5.40. The summed E-state index contributed by atoms with van der Waals surface area (Å²) in [5.74, 6) is -0.949. The number of ether oxygens (including phenoxy) is 1. The van der Waals surface area contributed by atoms with Gasteiger partial charge >= 0.3 is 5.97 Å². The molecule has 4 nitrogen and oxygen atoms in total. The molecule has 18 heavy (non-hydrogen) atoms. The zero-order chi connectivity index (χ0) is 13.9. The van der Waals surface area contributed by atoms with Gasteiger partial charge in [0.05, 0.1) is 7.11 Å². The first kappa shape index (κ1) is 14.5. The third kappa shape index (κ3) is 2.34. The molecule has 0 fully saturated rings. The first-order valence-electron chi connectivity index (χ1n) is 6.01. The van der Waals surface area contributed by atoms with Gasteiger partial charge in [0.15, 0.2) is 5.60 Å². The lowest BCUT2D eigenvalue weighted by atomic mass is 9.82. The Kier molecular flexibility index (Phi) is 4.35. The number of carboxylic acids is 1. The van der Waals surface area contributed by atoms with Gasteiger partial charge in [0, 0.05) is 0 Å². The van der Waals surface area contributed by atoms with Crippen LogP contribution in [0.5, 0.6) is 5.75 Å². The average molecular weight is 252 g/mol. The fraction of sp³-hybridized carbons (Fsp3) is 0.500. The maximum absolute atomic E-state index is 11.3. The van der Waals surface area contributed by atoms with E-state index in [4.69, 9.17) is 4.74 Å². The van der Waals surface area contributed by atoms with E-state index in [0.717, 1.165) is 5.56 Å². The number of hydrogen-bond donors (Lipinski definition) is 2. The highest BCUT2D eigenvalue weighted by Gasteiger charge is 2.41. The first-order chi connectivity index (χ1) is 8.37. The Morgan fingerprint density at radius 2 is 2.06 bits per heavy atom. The molecule has 1 unspecified atom stereocenters. The zero-order valence-corrected chi connectivity index (χ0v) is 11.2. The van der Waals surface area contributed by atoms with Gasteiger partial charge in [0.25, 0.3) is 0 Å². The minimum Gasteiger partial charge on any atom is -0.496 e. The predicted molar refractivity (Wildman–Crippen MR) is 68.7 cm³/mol. The van der Waals surface area contributed by atoms with Gasteiger partial charge in [-0.3, -0.25) is 0 Å². The molecule has 0 aliphatic heterocycles. The summed E-state index contributed by atoms with van der Waals surface area (Å²) in [6.45, 7) is 5.32. The molecule has 0 heterocycles. The molecule has 0 amide bonds. The minimum atomic E-state index is -1.86. The summed E-state index contributed by atoms with van der Waals surface area (Å²) >= 11 is 0. The summed E-state index contributed by atoms with van der Waals surface area (Å²) in [7, 11) is 1.57. The molecule has 2 N–H and O–H groups in total. The highest BCUT2D eigenvalue weighted by Crippen LogP contribution is 2.33. The topological polar surface area (TPSA) is 66.8 Å². The first-order valence-corrected chi connectivity index (χ1v) is 6.01. The van der Waals surface area contributed by atoms with E-state index in [1.165, 1.54) is 0 Å². The van der Waals surface area contributed by atoms with E-state index in [-0.39, 0.29) is 0 Å². The number of aliphatic hydroxyl groups is 1. The maximum Gasteiger partial charge on any atom is 0.340 e. The van der Waals surface area contributed by atoms with Crippen LogP contribution < -0.4 is 4.74 Å². The number of aryl methyl sites for hydroxylation is 1. The summed E-state index contributed by atoms with van der Waals surface area (Å²) in [5.41, 5.74) is -0.589. The molecule has 0 radical (unpaired) electrons. The lowest BCUT2D eigenvalue weighted by Crippen LogP contribution is -2.40. The van der Waals surface area contributed by atoms with Gasteiger partial charge in [-0.25, -0.2) is 4.79 Å². The smallest absolute Gasteiger partial charge is 0.340 e.